The highest BCUT2D eigenvalue weighted by Gasteiger charge is 2.43. The second kappa shape index (κ2) is 5.32. The molecule has 0 unspecified atom stereocenters. The standard InChI is InChI=1S/C12H14BrF2N3O/c13-8-3-7(14)4-9(15)11(8)17-6-12(1-2-12)5-10(16)18-19/h3-4,17,19H,1-2,5-6H2,(H2,16,18). The Bertz CT molecular complexity index is 495. The van der Waals surface area contributed by atoms with Gasteiger partial charge in [0.2, 0.25) is 0 Å². The molecular formula is C12H14BrF2N3O. The maximum atomic E-state index is 13.6. The molecule has 1 aromatic carbocycles. The number of hydrogen-bond acceptors (Lipinski definition) is 3. The van der Waals surface area contributed by atoms with Gasteiger partial charge in [0.1, 0.15) is 17.5 Å². The van der Waals surface area contributed by atoms with Crippen LogP contribution in [0.3, 0.4) is 0 Å². The summed E-state index contributed by atoms with van der Waals surface area (Å²) in [5.74, 6) is -1.11. The van der Waals surface area contributed by atoms with Crippen molar-refractivity contribution in [1.29, 1.82) is 0 Å². The van der Waals surface area contributed by atoms with Crippen LogP contribution in [0.5, 0.6) is 0 Å². The number of nitrogens with zero attached hydrogens (tertiary/aromatic N) is 1. The molecule has 0 aromatic heterocycles. The topological polar surface area (TPSA) is 70.6 Å². The van der Waals surface area contributed by atoms with Crippen molar-refractivity contribution in [2.75, 3.05) is 11.9 Å². The Morgan fingerprint density at radius 3 is 2.68 bits per heavy atom. The van der Waals surface area contributed by atoms with Crippen LogP contribution in [-0.2, 0) is 0 Å². The van der Waals surface area contributed by atoms with Crippen LogP contribution in [0.2, 0.25) is 0 Å². The number of oxime groups is 1. The minimum atomic E-state index is -0.647. The fourth-order valence-electron chi connectivity index (χ4n) is 2.00. The Hall–Kier alpha value is -1.37. The predicted octanol–water partition coefficient (Wildman–Crippen LogP) is 3.06. The molecule has 0 aliphatic heterocycles. The first-order chi connectivity index (χ1) is 8.96. The fraction of sp³-hybridized carbons (Fsp3) is 0.417. The molecule has 0 atom stereocenters. The van der Waals surface area contributed by atoms with E-state index >= 15 is 0 Å². The lowest BCUT2D eigenvalue weighted by molar-refractivity contribution is 0.315. The van der Waals surface area contributed by atoms with Gasteiger partial charge in [0, 0.05) is 23.5 Å². The lowest BCUT2D eigenvalue weighted by atomic mass is 10.0. The molecule has 2 rings (SSSR count). The zero-order chi connectivity index (χ0) is 14.0. The molecule has 0 bridgehead atoms. The van der Waals surface area contributed by atoms with Crippen molar-refractivity contribution >= 4 is 27.5 Å². The van der Waals surface area contributed by atoms with Crippen LogP contribution in [0.4, 0.5) is 14.5 Å². The number of amidine groups is 1. The maximum Gasteiger partial charge on any atom is 0.150 e. The minimum absolute atomic E-state index is 0.101. The molecule has 0 spiro atoms. The van der Waals surface area contributed by atoms with Gasteiger partial charge in [0.15, 0.2) is 0 Å². The van der Waals surface area contributed by atoms with Gasteiger partial charge in [-0.3, -0.25) is 0 Å². The fourth-order valence-corrected chi connectivity index (χ4v) is 2.55. The minimum Gasteiger partial charge on any atom is -0.409 e. The van der Waals surface area contributed by atoms with Crippen molar-refractivity contribution < 1.29 is 14.0 Å². The van der Waals surface area contributed by atoms with Crippen molar-refractivity contribution in [1.82, 2.24) is 0 Å². The molecule has 1 fully saturated rings. The highest BCUT2D eigenvalue weighted by molar-refractivity contribution is 9.10. The van der Waals surface area contributed by atoms with Gasteiger partial charge in [-0.1, -0.05) is 5.16 Å². The highest BCUT2D eigenvalue weighted by Crippen LogP contribution is 2.49. The molecule has 7 heteroatoms. The Morgan fingerprint density at radius 1 is 1.47 bits per heavy atom. The highest BCUT2D eigenvalue weighted by atomic mass is 79.9. The lowest BCUT2D eigenvalue weighted by Gasteiger charge is -2.17. The monoisotopic (exact) mass is 333 g/mol. The van der Waals surface area contributed by atoms with Crippen LogP contribution in [0.25, 0.3) is 0 Å². The first-order valence-electron chi connectivity index (χ1n) is 5.81. The van der Waals surface area contributed by atoms with Gasteiger partial charge in [-0.15, -0.1) is 0 Å². The third kappa shape index (κ3) is 3.34. The van der Waals surface area contributed by atoms with E-state index in [0.29, 0.717) is 17.4 Å². The van der Waals surface area contributed by atoms with E-state index in [-0.39, 0.29) is 16.9 Å². The summed E-state index contributed by atoms with van der Waals surface area (Å²) in [6, 6.07) is 2.03. The van der Waals surface area contributed by atoms with Gasteiger partial charge in [-0.2, -0.15) is 0 Å². The van der Waals surface area contributed by atoms with Gasteiger partial charge in [-0.05, 0) is 40.3 Å². The molecule has 1 aromatic rings. The second-order valence-corrected chi connectivity index (χ2v) is 5.72. The van der Waals surface area contributed by atoms with Gasteiger partial charge in [0.25, 0.3) is 0 Å². The molecule has 4 nitrogen and oxygen atoms in total. The molecule has 1 saturated carbocycles. The van der Waals surface area contributed by atoms with Crippen molar-refractivity contribution in [2.45, 2.75) is 19.3 Å². The number of nitrogens with one attached hydrogen (secondary N) is 1. The van der Waals surface area contributed by atoms with E-state index in [9.17, 15) is 8.78 Å². The largest absolute Gasteiger partial charge is 0.409 e. The van der Waals surface area contributed by atoms with Gasteiger partial charge in [0.05, 0.1) is 5.69 Å². The van der Waals surface area contributed by atoms with E-state index in [2.05, 4.69) is 26.4 Å². The Balaban J connectivity index is 2.04. The maximum absolute atomic E-state index is 13.6. The number of nitrogens with two attached hydrogens (primary N) is 1. The zero-order valence-electron chi connectivity index (χ0n) is 10.1. The predicted molar refractivity (Wildman–Crippen MR) is 72.2 cm³/mol. The van der Waals surface area contributed by atoms with Crippen molar-refractivity contribution in [3.63, 3.8) is 0 Å². The molecule has 104 valence electrons. The SMILES string of the molecule is NC(CC1(CNc2c(F)cc(F)cc2Br)CC1)=NO. The van der Waals surface area contributed by atoms with E-state index in [4.69, 9.17) is 10.9 Å². The zero-order valence-corrected chi connectivity index (χ0v) is 11.7. The van der Waals surface area contributed by atoms with Crippen molar-refractivity contribution in [3.05, 3.63) is 28.2 Å². The quantitative estimate of drug-likeness (QED) is 0.335. The summed E-state index contributed by atoms with van der Waals surface area (Å²) in [4.78, 5) is 0. The summed E-state index contributed by atoms with van der Waals surface area (Å²) in [7, 11) is 0. The molecule has 1 aliphatic rings. The molecule has 0 heterocycles. The third-order valence-corrected chi connectivity index (χ3v) is 3.91. The smallest absolute Gasteiger partial charge is 0.150 e. The second-order valence-electron chi connectivity index (χ2n) is 4.87. The molecule has 4 N–H and O–H groups in total. The first kappa shape index (κ1) is 14.0. The lowest BCUT2D eigenvalue weighted by Crippen LogP contribution is -2.24. The number of halogens is 3. The summed E-state index contributed by atoms with van der Waals surface area (Å²) in [5, 5.41) is 14.5. The average Bonchev–Trinajstić information content (AvgIpc) is 3.07. The molecule has 1 aliphatic carbocycles. The average molecular weight is 334 g/mol. The summed E-state index contributed by atoms with van der Waals surface area (Å²) in [6.45, 7) is 0.490. The molecule has 0 saturated heterocycles. The number of benzene rings is 1. The van der Waals surface area contributed by atoms with Crippen LogP contribution in [-0.4, -0.2) is 17.6 Å². The van der Waals surface area contributed by atoms with E-state index in [1.54, 1.807) is 0 Å². The summed E-state index contributed by atoms with van der Waals surface area (Å²) in [6.07, 6.45) is 2.31. The van der Waals surface area contributed by atoms with Crippen molar-refractivity contribution in [2.24, 2.45) is 16.3 Å². The normalized spacial score (nSPS) is 17.3. The number of anilines is 1. The van der Waals surface area contributed by atoms with E-state index in [1.165, 1.54) is 6.07 Å². The third-order valence-electron chi connectivity index (χ3n) is 3.29. The summed E-state index contributed by atoms with van der Waals surface area (Å²) >= 11 is 3.12. The van der Waals surface area contributed by atoms with E-state index < -0.39 is 11.6 Å². The van der Waals surface area contributed by atoms with Crippen molar-refractivity contribution in [3.8, 4) is 0 Å². The van der Waals surface area contributed by atoms with E-state index in [0.717, 1.165) is 18.9 Å². The number of rotatable bonds is 5. The molecule has 0 amide bonds. The van der Waals surface area contributed by atoms with Crippen LogP contribution in [0.15, 0.2) is 21.8 Å². The van der Waals surface area contributed by atoms with Crippen LogP contribution < -0.4 is 11.1 Å². The van der Waals surface area contributed by atoms with Gasteiger partial charge < -0.3 is 16.3 Å². The van der Waals surface area contributed by atoms with Crippen LogP contribution >= 0.6 is 15.9 Å². The first-order valence-corrected chi connectivity index (χ1v) is 6.60. The molecule has 0 radical (unpaired) electrons. The van der Waals surface area contributed by atoms with Gasteiger partial charge in [-0.25, -0.2) is 8.78 Å². The summed E-state index contributed by atoms with van der Waals surface area (Å²) in [5.41, 5.74) is 5.62. The van der Waals surface area contributed by atoms with Crippen LogP contribution in [0.1, 0.15) is 19.3 Å². The van der Waals surface area contributed by atoms with Crippen LogP contribution in [0, 0.1) is 17.0 Å². The number of hydrogen-bond donors (Lipinski definition) is 3. The molecule has 19 heavy (non-hydrogen) atoms. The van der Waals surface area contributed by atoms with Gasteiger partial charge >= 0.3 is 0 Å². The summed E-state index contributed by atoms with van der Waals surface area (Å²) < 4.78 is 26.9. The Labute approximate surface area is 117 Å². The van der Waals surface area contributed by atoms with E-state index in [1.807, 2.05) is 0 Å². The Kier molecular flexibility index (Phi) is 3.93. The Morgan fingerprint density at radius 2 is 2.16 bits per heavy atom. The molecular weight excluding hydrogens is 320 g/mol.